The molecule has 0 unspecified atom stereocenters. The number of nitrogens with zero attached hydrogens (tertiary/aromatic N) is 3. The number of hydrogen-bond donors (Lipinski definition) is 0. The molecule has 3 nitrogen and oxygen atoms in total. The van der Waals surface area contributed by atoms with Crippen LogP contribution < -0.4 is 0 Å². The van der Waals surface area contributed by atoms with Gasteiger partial charge in [-0.2, -0.15) is 0 Å². The van der Waals surface area contributed by atoms with Crippen LogP contribution in [0.2, 0.25) is 0 Å². The fourth-order valence-electron chi connectivity index (χ4n) is 1.49. The van der Waals surface area contributed by atoms with Crippen molar-refractivity contribution in [3.8, 4) is 0 Å². The van der Waals surface area contributed by atoms with Crippen LogP contribution in [0.5, 0.6) is 0 Å². The van der Waals surface area contributed by atoms with Gasteiger partial charge in [0.1, 0.15) is 3.70 Å². The lowest BCUT2D eigenvalue weighted by Gasteiger charge is -2.09. The molecule has 14 heavy (non-hydrogen) atoms. The average Bonchev–Trinajstić information content (AvgIpc) is 2.17. The van der Waals surface area contributed by atoms with Crippen LogP contribution >= 0.6 is 22.6 Å². The summed E-state index contributed by atoms with van der Waals surface area (Å²) in [6, 6.07) is 1.89. The molecule has 0 spiro atoms. The molecule has 0 aromatic carbocycles. The minimum atomic E-state index is 0.448. The fraction of sp³-hybridized carbons (Fsp3) is 0.300. The van der Waals surface area contributed by atoms with Crippen LogP contribution in [0, 0.1) is 3.70 Å². The zero-order valence-corrected chi connectivity index (χ0v) is 10.2. The predicted octanol–water partition coefficient (Wildman–Crippen LogP) is 2.75. The van der Waals surface area contributed by atoms with Gasteiger partial charge in [-0.1, -0.05) is 13.8 Å². The Hall–Kier alpha value is -0.780. The molecular weight excluding hydrogens is 289 g/mol. The quantitative estimate of drug-likeness (QED) is 0.760. The maximum Gasteiger partial charge on any atom is 0.128 e. The molecule has 2 aromatic rings. The zero-order chi connectivity index (χ0) is 10.1. The SMILES string of the molecule is CC(C)c1c(I)nnc2ccncc12. The van der Waals surface area contributed by atoms with Crippen LogP contribution in [0.1, 0.15) is 25.3 Å². The summed E-state index contributed by atoms with van der Waals surface area (Å²) in [4.78, 5) is 4.13. The van der Waals surface area contributed by atoms with Crippen molar-refractivity contribution in [2.45, 2.75) is 19.8 Å². The number of aromatic nitrogens is 3. The highest BCUT2D eigenvalue weighted by Crippen LogP contribution is 2.26. The van der Waals surface area contributed by atoms with E-state index in [1.54, 1.807) is 6.20 Å². The Kier molecular flexibility index (Phi) is 2.62. The summed E-state index contributed by atoms with van der Waals surface area (Å²) < 4.78 is 0.970. The third-order valence-electron chi connectivity index (χ3n) is 2.13. The second-order valence-electron chi connectivity index (χ2n) is 3.45. The number of hydrogen-bond acceptors (Lipinski definition) is 3. The molecule has 0 saturated heterocycles. The molecule has 0 fully saturated rings. The maximum atomic E-state index is 4.14. The van der Waals surface area contributed by atoms with E-state index < -0.39 is 0 Å². The van der Waals surface area contributed by atoms with Gasteiger partial charge in [0, 0.05) is 17.8 Å². The third-order valence-corrected chi connectivity index (χ3v) is 2.93. The van der Waals surface area contributed by atoms with Gasteiger partial charge >= 0.3 is 0 Å². The molecule has 2 heterocycles. The van der Waals surface area contributed by atoms with Crippen molar-refractivity contribution < 1.29 is 0 Å². The summed E-state index contributed by atoms with van der Waals surface area (Å²) in [5.41, 5.74) is 2.16. The van der Waals surface area contributed by atoms with Crippen molar-refractivity contribution in [3.05, 3.63) is 27.7 Å². The summed E-state index contributed by atoms with van der Waals surface area (Å²) in [5, 5.41) is 9.38. The Morgan fingerprint density at radius 1 is 1.29 bits per heavy atom. The smallest absolute Gasteiger partial charge is 0.128 e. The topological polar surface area (TPSA) is 38.7 Å². The molecular formula is C10H10IN3. The maximum absolute atomic E-state index is 4.14. The Labute approximate surface area is 96.1 Å². The van der Waals surface area contributed by atoms with Crippen LogP contribution in [-0.2, 0) is 0 Å². The van der Waals surface area contributed by atoms with Crippen molar-refractivity contribution in [1.82, 2.24) is 15.2 Å². The Balaban J connectivity index is 2.83. The van der Waals surface area contributed by atoms with Crippen molar-refractivity contribution in [3.63, 3.8) is 0 Å². The lowest BCUT2D eigenvalue weighted by molar-refractivity contribution is 0.844. The first-order valence-corrected chi connectivity index (χ1v) is 5.54. The van der Waals surface area contributed by atoms with Gasteiger partial charge in [-0.15, -0.1) is 10.2 Å². The molecule has 0 aliphatic heterocycles. The van der Waals surface area contributed by atoms with Crippen molar-refractivity contribution in [2.75, 3.05) is 0 Å². The number of pyridine rings is 1. The largest absolute Gasteiger partial charge is 0.264 e. The van der Waals surface area contributed by atoms with Gasteiger partial charge in [0.2, 0.25) is 0 Å². The van der Waals surface area contributed by atoms with E-state index in [0.717, 1.165) is 14.6 Å². The predicted molar refractivity (Wildman–Crippen MR) is 64.1 cm³/mol. The number of fused-ring (bicyclic) bond motifs is 1. The molecule has 0 aliphatic carbocycles. The van der Waals surface area contributed by atoms with E-state index in [9.17, 15) is 0 Å². The fourth-order valence-corrected chi connectivity index (χ4v) is 2.52. The summed E-state index contributed by atoms with van der Waals surface area (Å²) in [6.45, 7) is 4.32. The molecule has 0 atom stereocenters. The minimum Gasteiger partial charge on any atom is -0.264 e. The first-order chi connectivity index (χ1) is 6.70. The highest BCUT2D eigenvalue weighted by molar-refractivity contribution is 14.1. The summed E-state index contributed by atoms with van der Waals surface area (Å²) in [6.07, 6.45) is 3.61. The van der Waals surface area contributed by atoms with Gasteiger partial charge in [0.15, 0.2) is 0 Å². The highest BCUT2D eigenvalue weighted by Gasteiger charge is 2.11. The van der Waals surface area contributed by atoms with E-state index in [-0.39, 0.29) is 0 Å². The highest BCUT2D eigenvalue weighted by atomic mass is 127. The van der Waals surface area contributed by atoms with Gasteiger partial charge in [-0.3, -0.25) is 4.98 Å². The van der Waals surface area contributed by atoms with E-state index in [0.29, 0.717) is 5.92 Å². The standard InChI is InChI=1S/C10H10IN3/c1-6(2)9-7-5-12-4-3-8(7)13-14-10(9)11/h3-6H,1-2H3. The lowest BCUT2D eigenvalue weighted by Crippen LogP contribution is -1.99. The molecule has 2 aromatic heterocycles. The second kappa shape index (κ2) is 3.76. The molecule has 4 heteroatoms. The van der Waals surface area contributed by atoms with Crippen LogP contribution in [0.15, 0.2) is 18.5 Å². The first-order valence-electron chi connectivity index (χ1n) is 4.46. The van der Waals surface area contributed by atoms with E-state index >= 15 is 0 Å². The second-order valence-corrected chi connectivity index (χ2v) is 4.47. The first kappa shape index (κ1) is 9.76. The Morgan fingerprint density at radius 2 is 2.07 bits per heavy atom. The van der Waals surface area contributed by atoms with Gasteiger partial charge in [-0.25, -0.2) is 0 Å². The van der Waals surface area contributed by atoms with Gasteiger partial charge in [-0.05, 0) is 40.1 Å². The van der Waals surface area contributed by atoms with E-state index in [2.05, 4.69) is 51.6 Å². The van der Waals surface area contributed by atoms with Crippen LogP contribution in [0.25, 0.3) is 10.9 Å². The monoisotopic (exact) mass is 299 g/mol. The van der Waals surface area contributed by atoms with Crippen LogP contribution in [0.3, 0.4) is 0 Å². The van der Waals surface area contributed by atoms with E-state index in [1.165, 1.54) is 5.56 Å². The molecule has 2 rings (SSSR count). The average molecular weight is 299 g/mol. The van der Waals surface area contributed by atoms with Crippen LogP contribution in [-0.4, -0.2) is 15.2 Å². The van der Waals surface area contributed by atoms with Crippen molar-refractivity contribution >= 4 is 33.5 Å². The molecule has 0 amide bonds. The Morgan fingerprint density at radius 3 is 2.79 bits per heavy atom. The minimum absolute atomic E-state index is 0.448. The normalized spacial score (nSPS) is 11.1. The van der Waals surface area contributed by atoms with Gasteiger partial charge in [0.25, 0.3) is 0 Å². The molecule has 0 radical (unpaired) electrons. The molecule has 0 saturated carbocycles. The third kappa shape index (κ3) is 1.58. The number of halogens is 1. The zero-order valence-electron chi connectivity index (χ0n) is 8.03. The molecule has 0 N–H and O–H groups in total. The van der Waals surface area contributed by atoms with E-state index in [1.807, 2.05) is 12.3 Å². The van der Waals surface area contributed by atoms with Crippen molar-refractivity contribution in [1.29, 1.82) is 0 Å². The number of rotatable bonds is 1. The molecule has 0 aliphatic rings. The van der Waals surface area contributed by atoms with E-state index in [4.69, 9.17) is 0 Å². The van der Waals surface area contributed by atoms with Gasteiger partial charge in [0.05, 0.1) is 5.52 Å². The van der Waals surface area contributed by atoms with Gasteiger partial charge < -0.3 is 0 Å². The summed E-state index contributed by atoms with van der Waals surface area (Å²) in [5.74, 6) is 0.448. The summed E-state index contributed by atoms with van der Waals surface area (Å²) in [7, 11) is 0. The lowest BCUT2D eigenvalue weighted by atomic mass is 10.0. The van der Waals surface area contributed by atoms with Crippen LogP contribution in [0.4, 0.5) is 0 Å². The molecule has 0 bridgehead atoms. The van der Waals surface area contributed by atoms with Crippen molar-refractivity contribution in [2.24, 2.45) is 0 Å². The molecule has 72 valence electrons. The Bertz CT molecular complexity index is 468. The summed E-state index contributed by atoms with van der Waals surface area (Å²) >= 11 is 2.22.